The van der Waals surface area contributed by atoms with Crippen LogP contribution in [0.5, 0.6) is 0 Å². The second kappa shape index (κ2) is 5.16. The Labute approximate surface area is 97.9 Å². The molecule has 0 heterocycles. The van der Waals surface area contributed by atoms with Gasteiger partial charge in [-0.15, -0.1) is 0 Å². The Morgan fingerprint density at radius 3 is 2.67 bits per heavy atom. The summed E-state index contributed by atoms with van der Waals surface area (Å²) in [6.45, 7) is 6.80. The Hall–Kier alpha value is -0.300. The Kier molecular flexibility index (Phi) is 4.39. The number of carbonyl (C=O) groups excluding carboxylic acids is 1. The van der Waals surface area contributed by atoms with Gasteiger partial charge in [0.05, 0.1) is 0 Å². The number of hydrogen-bond acceptors (Lipinski definition) is 1. The molecule has 1 fully saturated rings. The molecule has 0 spiro atoms. The Morgan fingerprint density at radius 2 is 2.13 bits per heavy atom. The maximum Gasteiger partial charge on any atom is 0.136 e. The summed E-state index contributed by atoms with van der Waals surface area (Å²) in [5.74, 6) is 1.30. The molecule has 2 unspecified atom stereocenters. The van der Waals surface area contributed by atoms with Crippen molar-refractivity contribution in [1.82, 2.24) is 0 Å². The summed E-state index contributed by atoms with van der Waals surface area (Å²) in [5, 5.41) is 0. The summed E-state index contributed by atoms with van der Waals surface area (Å²) in [4.78, 5) is 11.7. The van der Waals surface area contributed by atoms with Crippen LogP contribution in [0.2, 0.25) is 0 Å². The molecule has 0 aliphatic heterocycles. The van der Waals surface area contributed by atoms with Gasteiger partial charge in [-0.3, -0.25) is 4.79 Å². The predicted octanol–water partition coefficient (Wildman–Crippen LogP) is 4.16. The first-order chi connectivity index (χ1) is 6.95. The molecule has 1 saturated carbocycles. The van der Waals surface area contributed by atoms with E-state index in [2.05, 4.69) is 20.8 Å². The lowest BCUT2D eigenvalue weighted by molar-refractivity contribution is -0.126. The zero-order valence-corrected chi connectivity index (χ0v) is 10.7. The van der Waals surface area contributed by atoms with Crippen LogP contribution in [0.15, 0.2) is 11.6 Å². The van der Waals surface area contributed by atoms with Crippen LogP contribution in [0, 0.1) is 17.3 Å². The second-order valence-corrected chi connectivity index (χ2v) is 5.85. The minimum Gasteiger partial charge on any atom is -0.299 e. The maximum atomic E-state index is 11.7. The molecule has 0 bridgehead atoms. The quantitative estimate of drug-likeness (QED) is 0.694. The molecule has 0 aromatic rings. The molecule has 1 nitrogen and oxygen atoms in total. The van der Waals surface area contributed by atoms with Gasteiger partial charge in [0.15, 0.2) is 0 Å². The van der Waals surface area contributed by atoms with E-state index >= 15 is 0 Å². The SMILES string of the molecule is CC(C)(C)C1CCC(=O)C(C/C=C/Cl)C1. The number of Topliss-reactive ketones (excluding diaryl/α,β-unsaturated/α-hetero) is 1. The molecule has 15 heavy (non-hydrogen) atoms. The molecule has 1 aliphatic rings. The van der Waals surface area contributed by atoms with Crippen LogP contribution >= 0.6 is 11.6 Å². The van der Waals surface area contributed by atoms with Gasteiger partial charge in [0.25, 0.3) is 0 Å². The first kappa shape index (κ1) is 12.8. The summed E-state index contributed by atoms with van der Waals surface area (Å²) < 4.78 is 0. The summed E-state index contributed by atoms with van der Waals surface area (Å²) in [7, 11) is 0. The molecule has 1 rings (SSSR count). The third kappa shape index (κ3) is 3.64. The van der Waals surface area contributed by atoms with Gasteiger partial charge in [0, 0.05) is 17.9 Å². The van der Waals surface area contributed by atoms with Gasteiger partial charge in [-0.1, -0.05) is 38.4 Å². The van der Waals surface area contributed by atoms with Crippen molar-refractivity contribution in [3.05, 3.63) is 11.6 Å². The number of hydrogen-bond donors (Lipinski definition) is 0. The lowest BCUT2D eigenvalue weighted by atomic mass is 9.68. The lowest BCUT2D eigenvalue weighted by Gasteiger charge is -2.36. The molecule has 2 heteroatoms. The highest BCUT2D eigenvalue weighted by Gasteiger charge is 2.34. The molecule has 0 saturated heterocycles. The third-order valence-electron chi connectivity index (χ3n) is 3.50. The van der Waals surface area contributed by atoms with E-state index in [1.165, 1.54) is 5.54 Å². The lowest BCUT2D eigenvalue weighted by Crippen LogP contribution is -2.31. The largest absolute Gasteiger partial charge is 0.299 e. The molecule has 1 aliphatic carbocycles. The van der Waals surface area contributed by atoms with Crippen molar-refractivity contribution in [2.75, 3.05) is 0 Å². The van der Waals surface area contributed by atoms with Gasteiger partial charge in [-0.2, -0.15) is 0 Å². The van der Waals surface area contributed by atoms with E-state index in [1.54, 1.807) is 0 Å². The third-order valence-corrected chi connectivity index (χ3v) is 3.68. The smallest absolute Gasteiger partial charge is 0.136 e. The van der Waals surface area contributed by atoms with Crippen LogP contribution in [-0.4, -0.2) is 5.78 Å². The van der Waals surface area contributed by atoms with Gasteiger partial charge < -0.3 is 0 Å². The van der Waals surface area contributed by atoms with Gasteiger partial charge in [-0.05, 0) is 30.6 Å². The molecule has 0 amide bonds. The molecule has 0 aromatic heterocycles. The van der Waals surface area contributed by atoms with E-state index in [9.17, 15) is 4.79 Å². The fourth-order valence-electron chi connectivity index (χ4n) is 2.34. The van der Waals surface area contributed by atoms with Crippen LogP contribution < -0.4 is 0 Å². The Balaban J connectivity index is 2.60. The van der Waals surface area contributed by atoms with E-state index in [4.69, 9.17) is 11.6 Å². The molecule has 86 valence electrons. The van der Waals surface area contributed by atoms with Crippen molar-refractivity contribution in [2.24, 2.45) is 17.3 Å². The van der Waals surface area contributed by atoms with E-state index in [0.717, 1.165) is 25.7 Å². The van der Waals surface area contributed by atoms with Gasteiger partial charge >= 0.3 is 0 Å². The number of rotatable bonds is 2. The molecule has 0 N–H and O–H groups in total. The van der Waals surface area contributed by atoms with Crippen molar-refractivity contribution in [1.29, 1.82) is 0 Å². The minimum atomic E-state index is 0.206. The highest BCUT2D eigenvalue weighted by atomic mass is 35.5. The fraction of sp³-hybridized carbons (Fsp3) is 0.769. The predicted molar refractivity (Wildman–Crippen MR) is 64.9 cm³/mol. The van der Waals surface area contributed by atoms with Crippen molar-refractivity contribution in [2.45, 2.75) is 46.5 Å². The van der Waals surface area contributed by atoms with Crippen LogP contribution in [0.4, 0.5) is 0 Å². The topological polar surface area (TPSA) is 17.1 Å². The molecule has 0 radical (unpaired) electrons. The summed E-state index contributed by atoms with van der Waals surface area (Å²) >= 11 is 5.50. The molecular weight excluding hydrogens is 208 g/mol. The molecule has 0 aromatic carbocycles. The zero-order chi connectivity index (χ0) is 11.5. The Morgan fingerprint density at radius 1 is 1.47 bits per heavy atom. The number of carbonyl (C=O) groups is 1. The molecule has 2 atom stereocenters. The van der Waals surface area contributed by atoms with Gasteiger partial charge in [-0.25, -0.2) is 0 Å². The van der Waals surface area contributed by atoms with Crippen molar-refractivity contribution in [3.8, 4) is 0 Å². The van der Waals surface area contributed by atoms with E-state index in [-0.39, 0.29) is 5.92 Å². The normalized spacial score (nSPS) is 28.7. The van der Waals surface area contributed by atoms with Crippen molar-refractivity contribution >= 4 is 17.4 Å². The van der Waals surface area contributed by atoms with E-state index < -0.39 is 0 Å². The van der Waals surface area contributed by atoms with Gasteiger partial charge in [0.2, 0.25) is 0 Å². The van der Waals surface area contributed by atoms with E-state index in [0.29, 0.717) is 17.1 Å². The first-order valence-corrected chi connectivity index (χ1v) is 6.16. The van der Waals surface area contributed by atoms with Crippen LogP contribution in [0.1, 0.15) is 46.5 Å². The summed E-state index contributed by atoms with van der Waals surface area (Å²) in [5.41, 5.74) is 1.84. The summed E-state index contributed by atoms with van der Waals surface area (Å²) in [6.07, 6.45) is 5.56. The average Bonchev–Trinajstić information content (AvgIpc) is 2.15. The fourth-order valence-corrected chi connectivity index (χ4v) is 2.45. The molecular formula is C13H21ClO. The highest BCUT2D eigenvalue weighted by molar-refractivity contribution is 6.25. The van der Waals surface area contributed by atoms with Crippen LogP contribution in [0.3, 0.4) is 0 Å². The van der Waals surface area contributed by atoms with Gasteiger partial charge in [0.1, 0.15) is 5.78 Å². The second-order valence-electron chi connectivity index (χ2n) is 5.60. The summed E-state index contributed by atoms with van der Waals surface area (Å²) in [6, 6.07) is 0. The number of halogens is 1. The number of allylic oxidation sites excluding steroid dienone is 1. The minimum absolute atomic E-state index is 0.206. The standard InChI is InChI=1S/C13H21ClO/c1-13(2,3)11-6-7-12(15)10(9-11)5-4-8-14/h4,8,10-11H,5-7,9H2,1-3H3/b8-4+. The van der Waals surface area contributed by atoms with Crippen LogP contribution in [-0.2, 0) is 4.79 Å². The Bertz CT molecular complexity index is 250. The van der Waals surface area contributed by atoms with Crippen molar-refractivity contribution < 1.29 is 4.79 Å². The van der Waals surface area contributed by atoms with Crippen LogP contribution in [0.25, 0.3) is 0 Å². The monoisotopic (exact) mass is 228 g/mol. The highest BCUT2D eigenvalue weighted by Crippen LogP contribution is 2.39. The van der Waals surface area contributed by atoms with E-state index in [1.807, 2.05) is 6.08 Å². The average molecular weight is 229 g/mol. The first-order valence-electron chi connectivity index (χ1n) is 5.73. The number of ketones is 1. The maximum absolute atomic E-state index is 11.7. The van der Waals surface area contributed by atoms with Crippen molar-refractivity contribution in [3.63, 3.8) is 0 Å². The zero-order valence-electron chi connectivity index (χ0n) is 9.92.